The number of aromatic carboxylic acids is 1. The van der Waals surface area contributed by atoms with Gasteiger partial charge in [0, 0.05) is 5.56 Å². The summed E-state index contributed by atoms with van der Waals surface area (Å²) in [6, 6.07) is 5.13. The molecule has 3 N–H and O–H groups in total. The number of carboxylic acids is 1. The molecule has 0 aromatic heterocycles. The fourth-order valence-electron chi connectivity index (χ4n) is 0.936. The number of amides is 1. The van der Waals surface area contributed by atoms with Gasteiger partial charge in [-0.2, -0.15) is 0 Å². The van der Waals surface area contributed by atoms with E-state index in [1.807, 2.05) is 0 Å². The predicted molar refractivity (Wildman–Crippen MR) is 46.9 cm³/mol. The van der Waals surface area contributed by atoms with Crippen LogP contribution in [0.25, 0.3) is 0 Å². The molecule has 0 unspecified atom stereocenters. The number of carboxylic acid groups (broad SMARTS) is 1. The predicted octanol–water partition coefficient (Wildman–Crippen LogP) is 0.0528. The van der Waals surface area contributed by atoms with Gasteiger partial charge in [0.05, 0.1) is 5.56 Å². The number of benzene rings is 1. The first-order chi connectivity index (χ1) is 6.52. The molecule has 0 heterocycles. The highest BCUT2D eigenvalue weighted by Gasteiger charge is 2.13. The summed E-state index contributed by atoms with van der Waals surface area (Å²) in [4.78, 5) is 32.1. The maximum atomic E-state index is 11.1. The van der Waals surface area contributed by atoms with Crippen LogP contribution in [0.3, 0.4) is 0 Å². The summed E-state index contributed by atoms with van der Waals surface area (Å²) >= 11 is 0. The number of carbonyl (C=O) groups excluding carboxylic acids is 2. The third kappa shape index (κ3) is 1.95. The molecule has 5 heteroatoms. The molecule has 72 valence electrons. The van der Waals surface area contributed by atoms with Crippen molar-refractivity contribution in [2.45, 2.75) is 0 Å². The Bertz CT molecular complexity index is 411. The lowest BCUT2D eigenvalue weighted by Crippen LogP contribution is -2.23. The first-order valence-electron chi connectivity index (χ1n) is 3.70. The van der Waals surface area contributed by atoms with Crippen LogP contribution >= 0.6 is 0 Å². The van der Waals surface area contributed by atoms with E-state index in [4.69, 9.17) is 10.8 Å². The number of primary amides is 1. The van der Waals surface area contributed by atoms with E-state index in [9.17, 15) is 14.4 Å². The van der Waals surface area contributed by atoms with Crippen molar-refractivity contribution in [2.24, 2.45) is 5.73 Å². The lowest BCUT2D eigenvalue weighted by Gasteiger charge is -1.98. The van der Waals surface area contributed by atoms with Crippen molar-refractivity contribution in [2.75, 3.05) is 0 Å². The van der Waals surface area contributed by atoms with Crippen molar-refractivity contribution in [3.63, 3.8) is 0 Å². The highest BCUT2D eigenvalue weighted by Crippen LogP contribution is 2.05. The van der Waals surface area contributed by atoms with E-state index in [0.717, 1.165) is 6.07 Å². The molecule has 0 radical (unpaired) electrons. The van der Waals surface area contributed by atoms with Crippen molar-refractivity contribution in [3.05, 3.63) is 35.4 Å². The first kappa shape index (κ1) is 9.91. The molecule has 0 spiro atoms. The van der Waals surface area contributed by atoms with Gasteiger partial charge in [-0.1, -0.05) is 12.1 Å². The fourth-order valence-corrected chi connectivity index (χ4v) is 0.936. The number of rotatable bonds is 3. The maximum Gasteiger partial charge on any atom is 0.335 e. The van der Waals surface area contributed by atoms with E-state index in [-0.39, 0.29) is 11.1 Å². The van der Waals surface area contributed by atoms with Gasteiger partial charge >= 0.3 is 5.97 Å². The highest BCUT2D eigenvalue weighted by atomic mass is 16.4. The summed E-state index contributed by atoms with van der Waals surface area (Å²) in [5.41, 5.74) is 4.68. The van der Waals surface area contributed by atoms with Gasteiger partial charge in [0.2, 0.25) is 5.78 Å². The molecule has 14 heavy (non-hydrogen) atoms. The lowest BCUT2D eigenvalue weighted by molar-refractivity contribution is -0.114. The van der Waals surface area contributed by atoms with E-state index in [2.05, 4.69) is 0 Å². The van der Waals surface area contributed by atoms with E-state index < -0.39 is 17.7 Å². The number of hydrogen-bond acceptors (Lipinski definition) is 3. The smallest absolute Gasteiger partial charge is 0.335 e. The Balaban J connectivity index is 3.12. The zero-order chi connectivity index (χ0) is 10.7. The summed E-state index contributed by atoms with van der Waals surface area (Å²) in [6.07, 6.45) is 0. The Labute approximate surface area is 79.1 Å². The standard InChI is InChI=1S/C9H7NO4/c10-8(12)7(11)5-2-1-3-6(4-5)9(13)14/h1-4H,(H2,10,12)(H,13,14). The molecular weight excluding hydrogens is 186 g/mol. The van der Waals surface area contributed by atoms with Gasteiger partial charge in [0.15, 0.2) is 0 Å². The Morgan fingerprint density at radius 1 is 1.14 bits per heavy atom. The molecule has 0 aliphatic carbocycles. The number of hydrogen-bond donors (Lipinski definition) is 2. The fraction of sp³-hybridized carbons (Fsp3) is 0. The average molecular weight is 193 g/mol. The molecule has 1 aromatic rings. The lowest BCUT2D eigenvalue weighted by atomic mass is 10.1. The molecule has 1 rings (SSSR count). The molecule has 1 amide bonds. The highest BCUT2D eigenvalue weighted by molar-refractivity contribution is 6.42. The average Bonchev–Trinajstić information content (AvgIpc) is 2.16. The van der Waals surface area contributed by atoms with E-state index in [1.165, 1.54) is 18.2 Å². The molecular formula is C9H7NO4. The zero-order valence-electron chi connectivity index (χ0n) is 7.06. The van der Waals surface area contributed by atoms with Crippen LogP contribution in [0.4, 0.5) is 0 Å². The maximum absolute atomic E-state index is 11.1. The van der Waals surface area contributed by atoms with Crippen molar-refractivity contribution >= 4 is 17.7 Å². The van der Waals surface area contributed by atoms with Crippen molar-refractivity contribution < 1.29 is 19.5 Å². The first-order valence-corrected chi connectivity index (χ1v) is 3.70. The van der Waals surface area contributed by atoms with Gasteiger partial charge in [-0.3, -0.25) is 9.59 Å². The Hall–Kier alpha value is -2.17. The van der Waals surface area contributed by atoms with Crippen LogP contribution in [0.1, 0.15) is 20.7 Å². The largest absolute Gasteiger partial charge is 0.478 e. The second kappa shape index (κ2) is 3.69. The molecule has 0 saturated heterocycles. The van der Waals surface area contributed by atoms with Gasteiger partial charge in [0.25, 0.3) is 5.91 Å². The number of nitrogens with two attached hydrogens (primary N) is 1. The second-order valence-electron chi connectivity index (χ2n) is 2.58. The second-order valence-corrected chi connectivity index (χ2v) is 2.58. The summed E-state index contributed by atoms with van der Waals surface area (Å²) in [7, 11) is 0. The SMILES string of the molecule is NC(=O)C(=O)c1cccc(C(=O)O)c1. The molecule has 0 aliphatic heterocycles. The van der Waals surface area contributed by atoms with E-state index in [1.54, 1.807) is 0 Å². The third-order valence-corrected chi connectivity index (χ3v) is 1.60. The van der Waals surface area contributed by atoms with Crippen molar-refractivity contribution in [1.82, 2.24) is 0 Å². The summed E-state index contributed by atoms with van der Waals surface area (Å²) in [5, 5.41) is 8.60. The number of ketones is 1. The number of carbonyl (C=O) groups is 3. The van der Waals surface area contributed by atoms with Gasteiger partial charge < -0.3 is 10.8 Å². The van der Waals surface area contributed by atoms with Crippen LogP contribution in [-0.2, 0) is 4.79 Å². The topological polar surface area (TPSA) is 97.5 Å². The van der Waals surface area contributed by atoms with Crippen LogP contribution in [0.5, 0.6) is 0 Å². The normalized spacial score (nSPS) is 9.43. The van der Waals surface area contributed by atoms with Gasteiger partial charge in [-0.15, -0.1) is 0 Å². The van der Waals surface area contributed by atoms with Crippen molar-refractivity contribution in [1.29, 1.82) is 0 Å². The molecule has 5 nitrogen and oxygen atoms in total. The van der Waals surface area contributed by atoms with Gasteiger partial charge in [-0.25, -0.2) is 4.79 Å². The Morgan fingerprint density at radius 2 is 1.71 bits per heavy atom. The van der Waals surface area contributed by atoms with E-state index >= 15 is 0 Å². The minimum absolute atomic E-state index is 0.0163. The van der Waals surface area contributed by atoms with Crippen LogP contribution in [0.15, 0.2) is 24.3 Å². The molecule has 0 atom stereocenters. The monoisotopic (exact) mass is 193 g/mol. The molecule has 0 fully saturated rings. The van der Waals surface area contributed by atoms with Crippen LogP contribution in [0, 0.1) is 0 Å². The number of Topliss-reactive ketones (excluding diaryl/α,β-unsaturated/α-hetero) is 1. The van der Waals surface area contributed by atoms with Gasteiger partial charge in [-0.05, 0) is 12.1 Å². The molecule has 1 aromatic carbocycles. The van der Waals surface area contributed by atoms with Crippen LogP contribution in [-0.4, -0.2) is 22.8 Å². The zero-order valence-corrected chi connectivity index (χ0v) is 7.06. The Morgan fingerprint density at radius 3 is 2.21 bits per heavy atom. The molecule has 0 bridgehead atoms. The summed E-state index contributed by atoms with van der Waals surface area (Å²) in [6.45, 7) is 0. The summed E-state index contributed by atoms with van der Waals surface area (Å²) in [5.74, 6) is -3.16. The quantitative estimate of drug-likeness (QED) is 0.523. The molecule has 0 saturated carbocycles. The van der Waals surface area contributed by atoms with E-state index in [0.29, 0.717) is 0 Å². The molecule has 0 aliphatic rings. The van der Waals surface area contributed by atoms with Crippen LogP contribution < -0.4 is 5.73 Å². The van der Waals surface area contributed by atoms with Gasteiger partial charge in [0.1, 0.15) is 0 Å². The Kier molecular flexibility index (Phi) is 2.62. The minimum Gasteiger partial charge on any atom is -0.478 e. The third-order valence-electron chi connectivity index (χ3n) is 1.60. The summed E-state index contributed by atoms with van der Waals surface area (Å²) < 4.78 is 0. The van der Waals surface area contributed by atoms with Crippen LogP contribution in [0.2, 0.25) is 0 Å². The van der Waals surface area contributed by atoms with Crippen molar-refractivity contribution in [3.8, 4) is 0 Å². The minimum atomic E-state index is -1.16.